The molecule has 2 nitrogen and oxygen atoms in total. The highest BCUT2D eigenvalue weighted by Crippen LogP contribution is 2.46. The van der Waals surface area contributed by atoms with Gasteiger partial charge >= 0.3 is 0 Å². The average molecular weight is 245 g/mol. The molecular formula is C16H23NO. The Morgan fingerprint density at radius 3 is 2.44 bits per heavy atom. The zero-order valence-electron chi connectivity index (χ0n) is 11.4. The summed E-state index contributed by atoms with van der Waals surface area (Å²) in [6, 6.07) is 7.18. The Balaban J connectivity index is 1.77. The molecule has 0 aromatic heterocycles. The van der Waals surface area contributed by atoms with Crippen LogP contribution in [0.5, 0.6) is 5.75 Å². The molecular weight excluding hydrogens is 222 g/mol. The molecule has 0 aliphatic heterocycles. The lowest BCUT2D eigenvalue weighted by molar-refractivity contribution is 0.341. The molecule has 2 saturated carbocycles. The van der Waals surface area contributed by atoms with E-state index >= 15 is 0 Å². The van der Waals surface area contributed by atoms with Crippen molar-refractivity contribution in [3.05, 3.63) is 23.8 Å². The number of hydrogen-bond acceptors (Lipinski definition) is 2. The van der Waals surface area contributed by atoms with E-state index in [1.54, 1.807) is 0 Å². The summed E-state index contributed by atoms with van der Waals surface area (Å²) in [5.74, 6) is 2.84. The molecule has 2 heteroatoms. The third-order valence-corrected chi connectivity index (χ3v) is 4.02. The number of aryl methyl sites for hydroxylation is 1. The van der Waals surface area contributed by atoms with E-state index in [0.717, 1.165) is 24.2 Å². The lowest BCUT2D eigenvalue weighted by Gasteiger charge is -2.21. The van der Waals surface area contributed by atoms with Crippen LogP contribution in [0.4, 0.5) is 5.69 Å². The van der Waals surface area contributed by atoms with E-state index in [1.807, 2.05) is 6.92 Å². The predicted octanol–water partition coefficient (Wildman–Crippen LogP) is 3.99. The third-order valence-electron chi connectivity index (χ3n) is 4.02. The Bertz CT molecular complexity index is 409. The molecule has 2 aliphatic rings. The number of rotatable bonds is 6. The maximum Gasteiger partial charge on any atom is 0.142 e. The lowest BCUT2D eigenvalue weighted by atomic mass is 10.1. The molecule has 1 aromatic rings. The first-order chi connectivity index (χ1) is 8.78. The number of nitrogens with one attached hydrogen (secondary N) is 1. The Morgan fingerprint density at radius 1 is 1.22 bits per heavy atom. The molecule has 1 N–H and O–H groups in total. The number of anilines is 1. The smallest absolute Gasteiger partial charge is 0.142 e. The molecule has 0 spiro atoms. The van der Waals surface area contributed by atoms with Gasteiger partial charge in [0.25, 0.3) is 0 Å². The molecule has 0 saturated heterocycles. The zero-order valence-corrected chi connectivity index (χ0v) is 11.4. The first-order valence-electron chi connectivity index (χ1n) is 7.28. The molecule has 0 amide bonds. The fraction of sp³-hybridized carbons (Fsp3) is 0.625. The number of benzene rings is 1. The van der Waals surface area contributed by atoms with Gasteiger partial charge in [-0.15, -0.1) is 0 Å². The SMILES string of the molecule is CCOc1cc(C)ccc1NC(C1CC1)C1CC1. The van der Waals surface area contributed by atoms with Gasteiger partial charge in [0.05, 0.1) is 12.3 Å². The minimum atomic E-state index is 0.687. The van der Waals surface area contributed by atoms with E-state index in [9.17, 15) is 0 Å². The van der Waals surface area contributed by atoms with E-state index in [0.29, 0.717) is 6.04 Å². The summed E-state index contributed by atoms with van der Waals surface area (Å²) in [6.45, 7) is 4.90. The van der Waals surface area contributed by atoms with Crippen molar-refractivity contribution in [2.45, 2.75) is 45.6 Å². The van der Waals surface area contributed by atoms with Gasteiger partial charge in [-0.05, 0) is 69.1 Å². The molecule has 0 bridgehead atoms. The minimum absolute atomic E-state index is 0.687. The van der Waals surface area contributed by atoms with E-state index in [1.165, 1.54) is 36.9 Å². The molecule has 98 valence electrons. The molecule has 3 rings (SSSR count). The van der Waals surface area contributed by atoms with Gasteiger partial charge in [-0.3, -0.25) is 0 Å². The van der Waals surface area contributed by atoms with Gasteiger partial charge in [-0.1, -0.05) is 6.07 Å². The van der Waals surface area contributed by atoms with Crippen LogP contribution in [-0.2, 0) is 0 Å². The highest BCUT2D eigenvalue weighted by molar-refractivity contribution is 5.58. The Hall–Kier alpha value is -1.18. The summed E-state index contributed by atoms with van der Waals surface area (Å²) in [4.78, 5) is 0. The molecule has 0 atom stereocenters. The van der Waals surface area contributed by atoms with Crippen molar-refractivity contribution in [3.63, 3.8) is 0 Å². The zero-order chi connectivity index (χ0) is 12.5. The summed E-state index contributed by atoms with van der Waals surface area (Å²) >= 11 is 0. The summed E-state index contributed by atoms with van der Waals surface area (Å²) in [7, 11) is 0. The van der Waals surface area contributed by atoms with Crippen LogP contribution in [0.25, 0.3) is 0 Å². The van der Waals surface area contributed by atoms with Gasteiger partial charge in [0.2, 0.25) is 0 Å². The fourth-order valence-corrected chi connectivity index (χ4v) is 2.73. The maximum absolute atomic E-state index is 5.76. The average Bonchev–Trinajstić information content (AvgIpc) is 3.22. The van der Waals surface area contributed by atoms with Gasteiger partial charge in [-0.2, -0.15) is 0 Å². The van der Waals surface area contributed by atoms with Crippen LogP contribution >= 0.6 is 0 Å². The summed E-state index contributed by atoms with van der Waals surface area (Å²) in [6.07, 6.45) is 5.63. The summed E-state index contributed by atoms with van der Waals surface area (Å²) in [5.41, 5.74) is 2.45. The van der Waals surface area contributed by atoms with Crippen molar-refractivity contribution >= 4 is 5.69 Å². The topological polar surface area (TPSA) is 21.3 Å². The lowest BCUT2D eigenvalue weighted by Crippen LogP contribution is -2.24. The normalized spacial score (nSPS) is 19.1. The van der Waals surface area contributed by atoms with Gasteiger partial charge < -0.3 is 10.1 Å². The van der Waals surface area contributed by atoms with Gasteiger partial charge in [0, 0.05) is 6.04 Å². The highest BCUT2D eigenvalue weighted by Gasteiger charge is 2.41. The quantitative estimate of drug-likeness (QED) is 0.818. The van der Waals surface area contributed by atoms with Crippen LogP contribution in [0.1, 0.15) is 38.2 Å². The Kier molecular flexibility index (Phi) is 3.19. The fourth-order valence-electron chi connectivity index (χ4n) is 2.73. The van der Waals surface area contributed by atoms with Crippen molar-refractivity contribution in [3.8, 4) is 5.75 Å². The monoisotopic (exact) mass is 245 g/mol. The van der Waals surface area contributed by atoms with Crippen LogP contribution in [0.2, 0.25) is 0 Å². The first-order valence-corrected chi connectivity index (χ1v) is 7.28. The molecule has 2 aliphatic carbocycles. The van der Waals surface area contributed by atoms with Crippen molar-refractivity contribution in [2.24, 2.45) is 11.8 Å². The van der Waals surface area contributed by atoms with Crippen molar-refractivity contribution in [1.29, 1.82) is 0 Å². The Morgan fingerprint density at radius 2 is 1.89 bits per heavy atom. The molecule has 0 unspecified atom stereocenters. The number of ether oxygens (including phenoxy) is 1. The van der Waals surface area contributed by atoms with Crippen LogP contribution < -0.4 is 10.1 Å². The van der Waals surface area contributed by atoms with Crippen LogP contribution in [0, 0.1) is 18.8 Å². The van der Waals surface area contributed by atoms with E-state index in [2.05, 4.69) is 30.4 Å². The van der Waals surface area contributed by atoms with E-state index in [4.69, 9.17) is 4.74 Å². The van der Waals surface area contributed by atoms with Gasteiger partial charge in [-0.25, -0.2) is 0 Å². The summed E-state index contributed by atoms with van der Waals surface area (Å²) < 4.78 is 5.76. The number of hydrogen-bond donors (Lipinski definition) is 1. The molecule has 0 heterocycles. The van der Waals surface area contributed by atoms with Crippen LogP contribution in [0.15, 0.2) is 18.2 Å². The van der Waals surface area contributed by atoms with Crippen LogP contribution in [-0.4, -0.2) is 12.6 Å². The van der Waals surface area contributed by atoms with Gasteiger partial charge in [0.15, 0.2) is 0 Å². The molecule has 18 heavy (non-hydrogen) atoms. The van der Waals surface area contributed by atoms with E-state index in [-0.39, 0.29) is 0 Å². The van der Waals surface area contributed by atoms with Gasteiger partial charge in [0.1, 0.15) is 5.75 Å². The van der Waals surface area contributed by atoms with E-state index < -0.39 is 0 Å². The second-order valence-corrected chi connectivity index (χ2v) is 5.78. The maximum atomic E-state index is 5.76. The highest BCUT2D eigenvalue weighted by atomic mass is 16.5. The standard InChI is InChI=1S/C16H23NO/c1-3-18-15-10-11(2)4-9-14(15)17-16(12-5-6-12)13-7-8-13/h4,9-10,12-13,16-17H,3,5-8H2,1-2H3. The second kappa shape index (κ2) is 4.83. The largest absolute Gasteiger partial charge is 0.492 e. The minimum Gasteiger partial charge on any atom is -0.492 e. The van der Waals surface area contributed by atoms with Crippen LogP contribution in [0.3, 0.4) is 0 Å². The first kappa shape index (κ1) is 11.9. The Labute approximate surface area is 110 Å². The molecule has 2 fully saturated rings. The van der Waals surface area contributed by atoms with Crippen molar-refractivity contribution in [1.82, 2.24) is 0 Å². The van der Waals surface area contributed by atoms with Crippen molar-refractivity contribution in [2.75, 3.05) is 11.9 Å². The predicted molar refractivity (Wildman–Crippen MR) is 75.2 cm³/mol. The van der Waals surface area contributed by atoms with Crippen molar-refractivity contribution < 1.29 is 4.74 Å². The summed E-state index contributed by atoms with van der Waals surface area (Å²) in [5, 5.41) is 3.76. The molecule has 0 radical (unpaired) electrons. The third kappa shape index (κ3) is 2.63. The second-order valence-electron chi connectivity index (χ2n) is 5.78. The molecule has 1 aromatic carbocycles.